The summed E-state index contributed by atoms with van der Waals surface area (Å²) in [6.45, 7) is 2.68. The van der Waals surface area contributed by atoms with E-state index in [1.165, 1.54) is 25.7 Å². The van der Waals surface area contributed by atoms with Crippen LogP contribution in [0.25, 0.3) is 11.0 Å². The molecule has 1 aromatic carbocycles. The van der Waals surface area contributed by atoms with E-state index in [0.717, 1.165) is 33.4 Å². The number of nitrogens with one attached hydrogen (secondary N) is 1. The first-order valence-electron chi connectivity index (χ1n) is 7.61. The number of imidazole rings is 1. The summed E-state index contributed by atoms with van der Waals surface area (Å²) in [4.78, 5) is 8.07. The Balaban J connectivity index is 1.72. The maximum absolute atomic E-state index is 5.53. The fraction of sp³-hybridized carbons (Fsp3) is 0.562. The van der Waals surface area contributed by atoms with Gasteiger partial charge in [0.15, 0.2) is 5.16 Å². The van der Waals surface area contributed by atoms with Crippen LogP contribution in [0.4, 0.5) is 0 Å². The topological polar surface area (TPSA) is 37.9 Å². The Morgan fingerprint density at radius 3 is 2.90 bits per heavy atom. The van der Waals surface area contributed by atoms with Gasteiger partial charge in [-0.05, 0) is 43.1 Å². The zero-order valence-electron chi connectivity index (χ0n) is 12.4. The first kappa shape index (κ1) is 15.1. The number of fused-ring (bicyclic) bond motifs is 1. The second-order valence-corrected chi connectivity index (χ2v) is 7.09. The molecule has 0 amide bonds. The summed E-state index contributed by atoms with van der Waals surface area (Å²) in [6, 6.07) is 6.03. The van der Waals surface area contributed by atoms with Gasteiger partial charge in [-0.3, -0.25) is 0 Å². The maximum atomic E-state index is 5.53. The summed E-state index contributed by atoms with van der Waals surface area (Å²) >= 11 is 6.40. The van der Waals surface area contributed by atoms with Crippen LogP contribution in [-0.4, -0.2) is 28.1 Å². The molecule has 1 heterocycles. The summed E-state index contributed by atoms with van der Waals surface area (Å²) in [5.74, 6) is 2.98. The second kappa shape index (κ2) is 6.53. The molecule has 0 bridgehead atoms. The third-order valence-electron chi connectivity index (χ3n) is 4.26. The van der Waals surface area contributed by atoms with Gasteiger partial charge >= 0.3 is 0 Å². The molecule has 0 radical (unpaired) electrons. The van der Waals surface area contributed by atoms with E-state index in [1.54, 1.807) is 0 Å². The number of rotatable bonds is 6. The summed E-state index contributed by atoms with van der Waals surface area (Å²) < 4.78 is 5.53. The minimum absolute atomic E-state index is 0.406. The first-order chi connectivity index (χ1) is 10.2. The van der Waals surface area contributed by atoms with Crippen molar-refractivity contribution >= 4 is 35.4 Å². The molecule has 3 nitrogen and oxygen atoms in total. The largest absolute Gasteiger partial charge is 0.494 e. The highest BCUT2D eigenvalue weighted by molar-refractivity contribution is 7.99. The van der Waals surface area contributed by atoms with Gasteiger partial charge in [-0.25, -0.2) is 4.98 Å². The Morgan fingerprint density at radius 2 is 2.19 bits per heavy atom. The van der Waals surface area contributed by atoms with Crippen LogP contribution in [0.2, 0.25) is 0 Å². The fourth-order valence-corrected chi connectivity index (χ4v) is 4.74. The van der Waals surface area contributed by atoms with Crippen molar-refractivity contribution in [1.29, 1.82) is 0 Å². The normalized spacial score (nSPS) is 17.4. The molecule has 5 heteroatoms. The van der Waals surface area contributed by atoms with Gasteiger partial charge < -0.3 is 9.72 Å². The van der Waals surface area contributed by atoms with Gasteiger partial charge in [-0.15, -0.1) is 0 Å². The van der Waals surface area contributed by atoms with Crippen molar-refractivity contribution in [3.63, 3.8) is 0 Å². The van der Waals surface area contributed by atoms with Gasteiger partial charge in [0.1, 0.15) is 5.75 Å². The van der Waals surface area contributed by atoms with Gasteiger partial charge in [0.05, 0.1) is 17.6 Å². The average Bonchev–Trinajstić information content (AvgIpc) is 3.12. The Labute approximate surface area is 135 Å². The molecule has 1 aromatic heterocycles. The molecule has 2 aromatic rings. The zero-order chi connectivity index (χ0) is 14.7. The van der Waals surface area contributed by atoms with Crippen LogP contribution < -0.4 is 4.74 Å². The third kappa shape index (κ3) is 3.34. The predicted octanol–water partition coefficient (Wildman–Crippen LogP) is 4.54. The molecule has 1 aliphatic rings. The highest BCUT2D eigenvalue weighted by atomic mass is 32.2. The van der Waals surface area contributed by atoms with Gasteiger partial charge in [-0.1, -0.05) is 24.6 Å². The molecular weight excluding hydrogens is 300 g/mol. The van der Waals surface area contributed by atoms with Crippen molar-refractivity contribution in [1.82, 2.24) is 9.97 Å². The number of hydrogen-bond donors (Lipinski definition) is 2. The lowest BCUT2D eigenvalue weighted by molar-refractivity contribution is 0.340. The molecule has 0 aliphatic heterocycles. The van der Waals surface area contributed by atoms with E-state index in [1.807, 2.05) is 36.9 Å². The Morgan fingerprint density at radius 1 is 1.38 bits per heavy atom. The molecule has 1 aliphatic carbocycles. The quantitative estimate of drug-likeness (QED) is 0.605. The van der Waals surface area contributed by atoms with Crippen LogP contribution in [-0.2, 0) is 0 Å². The highest BCUT2D eigenvalue weighted by Gasteiger charge is 2.32. The number of aromatic nitrogens is 2. The van der Waals surface area contributed by atoms with E-state index < -0.39 is 0 Å². The molecule has 0 atom stereocenters. The highest BCUT2D eigenvalue weighted by Crippen LogP contribution is 2.42. The van der Waals surface area contributed by atoms with E-state index in [-0.39, 0.29) is 0 Å². The summed E-state index contributed by atoms with van der Waals surface area (Å²) in [5.41, 5.74) is 2.46. The van der Waals surface area contributed by atoms with E-state index in [2.05, 4.69) is 22.6 Å². The lowest BCUT2D eigenvalue weighted by atomic mass is 9.91. The zero-order valence-corrected chi connectivity index (χ0v) is 14.1. The monoisotopic (exact) mass is 322 g/mol. The number of hydrogen-bond acceptors (Lipinski definition) is 4. The number of H-pyrrole nitrogens is 1. The fourth-order valence-electron chi connectivity index (χ4n) is 2.98. The van der Waals surface area contributed by atoms with Crippen LogP contribution >= 0.6 is 24.4 Å². The van der Waals surface area contributed by atoms with Gasteiger partial charge in [0.2, 0.25) is 0 Å². The molecule has 1 fully saturated rings. The number of nitrogens with zero attached hydrogens (tertiary/aromatic N) is 1. The second-order valence-electron chi connectivity index (χ2n) is 5.81. The minimum atomic E-state index is 0.406. The van der Waals surface area contributed by atoms with Crippen molar-refractivity contribution in [3.8, 4) is 5.75 Å². The van der Waals surface area contributed by atoms with Gasteiger partial charge in [0.25, 0.3) is 0 Å². The SMILES string of the molecule is CCOc1ccc2nc(SCC3(CS)CCCC3)[nH]c2c1. The number of aromatic amines is 1. The molecule has 1 saturated carbocycles. The van der Waals surface area contributed by atoms with Crippen LogP contribution in [0.15, 0.2) is 23.4 Å². The van der Waals surface area contributed by atoms with Crippen molar-refractivity contribution in [2.45, 2.75) is 37.8 Å². The number of thiol groups is 1. The summed E-state index contributed by atoms with van der Waals surface area (Å²) in [7, 11) is 0. The Hall–Kier alpha value is -0.810. The molecule has 3 rings (SSSR count). The molecule has 0 saturated heterocycles. The van der Waals surface area contributed by atoms with Crippen molar-refractivity contribution < 1.29 is 4.74 Å². The van der Waals surface area contributed by atoms with Crippen LogP contribution in [0.1, 0.15) is 32.6 Å². The smallest absolute Gasteiger partial charge is 0.166 e. The molecular formula is C16H22N2OS2. The molecule has 114 valence electrons. The van der Waals surface area contributed by atoms with Crippen LogP contribution in [0, 0.1) is 5.41 Å². The summed E-state index contributed by atoms with van der Waals surface area (Å²) in [6.07, 6.45) is 5.30. The average molecular weight is 322 g/mol. The Bertz CT molecular complexity index is 605. The third-order valence-corrected chi connectivity index (χ3v) is 6.15. The van der Waals surface area contributed by atoms with Gasteiger partial charge in [-0.2, -0.15) is 12.6 Å². The molecule has 1 N–H and O–H groups in total. The standard InChI is InChI=1S/C16H22N2OS2/c1-2-19-12-5-6-13-14(9-12)18-15(17-13)21-11-16(10-20)7-3-4-8-16/h5-6,9,20H,2-4,7-8,10-11H2,1H3,(H,17,18). The first-order valence-corrected chi connectivity index (χ1v) is 9.23. The van der Waals surface area contributed by atoms with E-state index in [0.29, 0.717) is 12.0 Å². The van der Waals surface area contributed by atoms with Crippen LogP contribution in [0.3, 0.4) is 0 Å². The lowest BCUT2D eigenvalue weighted by Gasteiger charge is -2.25. The summed E-state index contributed by atoms with van der Waals surface area (Å²) in [5, 5.41) is 1.01. The predicted molar refractivity (Wildman–Crippen MR) is 92.7 cm³/mol. The van der Waals surface area contributed by atoms with Crippen molar-refractivity contribution in [2.24, 2.45) is 5.41 Å². The van der Waals surface area contributed by atoms with Gasteiger partial charge in [0, 0.05) is 11.8 Å². The molecule has 0 spiro atoms. The van der Waals surface area contributed by atoms with E-state index in [9.17, 15) is 0 Å². The maximum Gasteiger partial charge on any atom is 0.166 e. The van der Waals surface area contributed by atoms with Crippen molar-refractivity contribution in [3.05, 3.63) is 18.2 Å². The number of ether oxygens (including phenoxy) is 1. The van der Waals surface area contributed by atoms with E-state index >= 15 is 0 Å². The van der Waals surface area contributed by atoms with Crippen LogP contribution in [0.5, 0.6) is 5.75 Å². The Kier molecular flexibility index (Phi) is 4.69. The minimum Gasteiger partial charge on any atom is -0.494 e. The number of thioether (sulfide) groups is 1. The van der Waals surface area contributed by atoms with E-state index in [4.69, 9.17) is 4.74 Å². The van der Waals surface area contributed by atoms with Crippen molar-refractivity contribution in [2.75, 3.05) is 18.1 Å². The molecule has 0 unspecified atom stereocenters. The number of benzene rings is 1. The lowest BCUT2D eigenvalue weighted by Crippen LogP contribution is -2.21. The molecule has 21 heavy (non-hydrogen) atoms.